The minimum absolute atomic E-state index is 0.140. The van der Waals surface area contributed by atoms with Gasteiger partial charge >= 0.3 is 12.1 Å². The predicted molar refractivity (Wildman–Crippen MR) is 64.1 cm³/mol. The van der Waals surface area contributed by atoms with Gasteiger partial charge in [-0.05, 0) is 20.8 Å². The van der Waals surface area contributed by atoms with E-state index in [1.807, 2.05) is 0 Å². The summed E-state index contributed by atoms with van der Waals surface area (Å²) in [6.45, 7) is 4.90. The summed E-state index contributed by atoms with van der Waals surface area (Å²) >= 11 is 0.757. The van der Waals surface area contributed by atoms with Crippen LogP contribution in [0.15, 0.2) is 0 Å². The highest BCUT2D eigenvalue weighted by atomic mass is 32.2. The van der Waals surface area contributed by atoms with Crippen LogP contribution in [0, 0.1) is 0 Å². The molecule has 0 aliphatic heterocycles. The number of amides is 1. The second kappa shape index (κ2) is 7.40. The minimum atomic E-state index is -2.51. The molecule has 0 aromatic heterocycles. The Bertz CT molecular complexity index is 294. The number of hydrogen-bond donors (Lipinski definition) is 2. The van der Waals surface area contributed by atoms with E-state index in [-0.39, 0.29) is 5.75 Å². The van der Waals surface area contributed by atoms with Gasteiger partial charge in [0.15, 0.2) is 0 Å². The standard InChI is InChI=1S/C10H17F2NO4S/c1-10(2,3)17-9(16)13-6(8(14)15)4-18-5-7(11)12/h6-7H,4-5H2,1-3H3,(H,13,16)(H,14,15). The normalized spacial score (nSPS) is 13.2. The Labute approximate surface area is 108 Å². The number of rotatable bonds is 6. The number of ether oxygens (including phenoxy) is 1. The number of carbonyl (C=O) groups is 2. The second-order valence-corrected chi connectivity index (χ2v) is 5.54. The number of nitrogens with one attached hydrogen (secondary N) is 1. The lowest BCUT2D eigenvalue weighted by Gasteiger charge is -2.21. The van der Waals surface area contributed by atoms with Gasteiger partial charge in [-0.25, -0.2) is 18.4 Å². The van der Waals surface area contributed by atoms with E-state index in [0.717, 1.165) is 11.8 Å². The van der Waals surface area contributed by atoms with Gasteiger partial charge in [0.05, 0.1) is 5.75 Å². The fourth-order valence-electron chi connectivity index (χ4n) is 0.899. The van der Waals surface area contributed by atoms with Crippen molar-refractivity contribution >= 4 is 23.8 Å². The molecule has 0 spiro atoms. The molecule has 0 radical (unpaired) electrons. The molecule has 0 fully saturated rings. The van der Waals surface area contributed by atoms with E-state index in [2.05, 4.69) is 5.32 Å². The van der Waals surface area contributed by atoms with E-state index in [0.29, 0.717) is 0 Å². The quantitative estimate of drug-likeness (QED) is 0.780. The lowest BCUT2D eigenvalue weighted by atomic mass is 10.2. The molecule has 18 heavy (non-hydrogen) atoms. The van der Waals surface area contributed by atoms with Crippen LogP contribution < -0.4 is 5.32 Å². The molecule has 1 atom stereocenters. The fraction of sp³-hybridized carbons (Fsp3) is 0.800. The van der Waals surface area contributed by atoms with Crippen molar-refractivity contribution in [2.24, 2.45) is 0 Å². The van der Waals surface area contributed by atoms with E-state index >= 15 is 0 Å². The zero-order valence-electron chi connectivity index (χ0n) is 10.4. The van der Waals surface area contributed by atoms with Crippen LogP contribution in [0.1, 0.15) is 20.8 Å². The molecular formula is C10H17F2NO4S. The lowest BCUT2D eigenvalue weighted by Crippen LogP contribution is -2.45. The van der Waals surface area contributed by atoms with E-state index in [4.69, 9.17) is 9.84 Å². The molecule has 0 rings (SSSR count). The third kappa shape index (κ3) is 9.03. The molecule has 8 heteroatoms. The highest BCUT2D eigenvalue weighted by Gasteiger charge is 2.24. The summed E-state index contributed by atoms with van der Waals surface area (Å²) in [6, 6.07) is -1.25. The largest absolute Gasteiger partial charge is 0.480 e. The predicted octanol–water partition coefficient (Wildman–Crippen LogP) is 1.96. The first-order valence-electron chi connectivity index (χ1n) is 5.20. The maximum atomic E-state index is 11.9. The van der Waals surface area contributed by atoms with Crippen LogP contribution in [0.5, 0.6) is 0 Å². The molecule has 2 N–H and O–H groups in total. The SMILES string of the molecule is CC(C)(C)OC(=O)NC(CSCC(F)F)C(=O)O. The van der Waals surface area contributed by atoms with Gasteiger partial charge in [-0.15, -0.1) is 0 Å². The maximum absolute atomic E-state index is 11.9. The second-order valence-electron chi connectivity index (χ2n) is 4.47. The average molecular weight is 285 g/mol. The van der Waals surface area contributed by atoms with Gasteiger partial charge < -0.3 is 15.2 Å². The van der Waals surface area contributed by atoms with Crippen molar-refractivity contribution in [1.29, 1.82) is 0 Å². The molecule has 106 valence electrons. The maximum Gasteiger partial charge on any atom is 0.408 e. The van der Waals surface area contributed by atoms with Crippen LogP contribution in [0.3, 0.4) is 0 Å². The monoisotopic (exact) mass is 285 g/mol. The zero-order valence-corrected chi connectivity index (χ0v) is 11.2. The van der Waals surface area contributed by atoms with Gasteiger partial charge in [-0.3, -0.25) is 0 Å². The molecule has 5 nitrogen and oxygen atoms in total. The molecule has 1 unspecified atom stereocenters. The summed E-state index contributed by atoms with van der Waals surface area (Å²) in [6.07, 6.45) is -3.39. The smallest absolute Gasteiger partial charge is 0.408 e. The van der Waals surface area contributed by atoms with Gasteiger partial charge in [-0.1, -0.05) is 0 Å². The molecule has 0 aromatic carbocycles. The van der Waals surface area contributed by atoms with E-state index in [9.17, 15) is 18.4 Å². The molecule has 0 heterocycles. The Morgan fingerprint density at radius 3 is 2.28 bits per heavy atom. The van der Waals surface area contributed by atoms with Crippen LogP contribution in [-0.2, 0) is 9.53 Å². The highest BCUT2D eigenvalue weighted by molar-refractivity contribution is 7.99. The molecule has 0 bridgehead atoms. The van der Waals surface area contributed by atoms with Crippen molar-refractivity contribution in [1.82, 2.24) is 5.32 Å². The number of carboxylic acid groups (broad SMARTS) is 1. The van der Waals surface area contributed by atoms with Crippen molar-refractivity contribution in [2.75, 3.05) is 11.5 Å². The number of carbonyl (C=O) groups excluding carboxylic acids is 1. The molecular weight excluding hydrogens is 268 g/mol. The van der Waals surface area contributed by atoms with Gasteiger partial charge in [0, 0.05) is 5.75 Å². The Hall–Kier alpha value is -1.05. The van der Waals surface area contributed by atoms with Crippen molar-refractivity contribution in [2.45, 2.75) is 38.8 Å². The Morgan fingerprint density at radius 2 is 1.89 bits per heavy atom. The number of alkyl carbamates (subject to hydrolysis) is 1. The zero-order chi connectivity index (χ0) is 14.3. The Kier molecular flexibility index (Phi) is 6.97. The van der Waals surface area contributed by atoms with Crippen molar-refractivity contribution < 1.29 is 28.2 Å². The van der Waals surface area contributed by atoms with Gasteiger partial charge in [0.1, 0.15) is 11.6 Å². The molecule has 0 saturated carbocycles. The van der Waals surface area contributed by atoms with Crippen molar-refractivity contribution in [3.05, 3.63) is 0 Å². The number of halogens is 2. The van der Waals surface area contributed by atoms with Crippen LogP contribution in [-0.4, -0.2) is 46.7 Å². The van der Waals surface area contributed by atoms with Crippen LogP contribution in [0.2, 0.25) is 0 Å². The van der Waals surface area contributed by atoms with Gasteiger partial charge in [-0.2, -0.15) is 11.8 Å². The summed E-state index contributed by atoms with van der Waals surface area (Å²) < 4.78 is 28.7. The first-order chi connectivity index (χ1) is 8.11. The molecule has 1 amide bonds. The van der Waals surface area contributed by atoms with Gasteiger partial charge in [0.2, 0.25) is 6.43 Å². The summed E-state index contributed by atoms with van der Waals surface area (Å²) in [5, 5.41) is 10.9. The first kappa shape index (κ1) is 16.9. The third-order valence-electron chi connectivity index (χ3n) is 1.52. The molecule has 0 aliphatic carbocycles. The van der Waals surface area contributed by atoms with Crippen molar-refractivity contribution in [3.8, 4) is 0 Å². The summed E-state index contributed by atoms with van der Waals surface area (Å²) in [5.41, 5.74) is -0.747. The topological polar surface area (TPSA) is 75.6 Å². The summed E-state index contributed by atoms with van der Waals surface area (Å²) in [5.74, 6) is -1.90. The molecule has 0 saturated heterocycles. The Balaban J connectivity index is 4.19. The number of hydrogen-bond acceptors (Lipinski definition) is 4. The van der Waals surface area contributed by atoms with Crippen LogP contribution in [0.4, 0.5) is 13.6 Å². The van der Waals surface area contributed by atoms with Crippen LogP contribution in [0.25, 0.3) is 0 Å². The highest BCUT2D eigenvalue weighted by Crippen LogP contribution is 2.10. The number of thioether (sulfide) groups is 1. The number of carboxylic acids is 1. The minimum Gasteiger partial charge on any atom is -0.480 e. The lowest BCUT2D eigenvalue weighted by molar-refractivity contribution is -0.138. The van der Waals surface area contributed by atoms with E-state index < -0.39 is 35.9 Å². The molecule has 0 aromatic rings. The van der Waals surface area contributed by atoms with E-state index in [1.165, 1.54) is 0 Å². The van der Waals surface area contributed by atoms with Gasteiger partial charge in [0.25, 0.3) is 0 Å². The van der Waals surface area contributed by atoms with Crippen molar-refractivity contribution in [3.63, 3.8) is 0 Å². The average Bonchev–Trinajstić information content (AvgIpc) is 2.12. The molecule has 0 aliphatic rings. The summed E-state index contributed by atoms with van der Waals surface area (Å²) in [4.78, 5) is 22.1. The first-order valence-corrected chi connectivity index (χ1v) is 6.35. The third-order valence-corrected chi connectivity index (χ3v) is 2.57. The number of alkyl halides is 2. The summed E-state index contributed by atoms with van der Waals surface area (Å²) in [7, 11) is 0. The number of aliphatic carboxylic acids is 1. The van der Waals surface area contributed by atoms with Crippen LogP contribution >= 0.6 is 11.8 Å². The Morgan fingerprint density at radius 1 is 1.33 bits per heavy atom. The fourth-order valence-corrected chi connectivity index (χ4v) is 1.68. The van der Waals surface area contributed by atoms with E-state index in [1.54, 1.807) is 20.8 Å².